The fourth-order valence-corrected chi connectivity index (χ4v) is 4.37. The van der Waals surface area contributed by atoms with Crippen molar-refractivity contribution < 1.29 is 22.7 Å². The Morgan fingerprint density at radius 1 is 0.938 bits per heavy atom. The van der Waals surface area contributed by atoms with Crippen molar-refractivity contribution in [1.29, 1.82) is 0 Å². The van der Waals surface area contributed by atoms with E-state index in [0.717, 1.165) is 23.6 Å². The lowest BCUT2D eigenvalue weighted by atomic mass is 10.1. The number of amides is 2. The van der Waals surface area contributed by atoms with Gasteiger partial charge >= 0.3 is 0 Å². The van der Waals surface area contributed by atoms with Gasteiger partial charge in [-0.15, -0.1) is 0 Å². The molecular formula is C23H23N3O5S. The number of carbonyl (C=O) groups is 2. The topological polar surface area (TPSA) is 114 Å². The maximum atomic E-state index is 12.3. The van der Waals surface area contributed by atoms with E-state index < -0.39 is 27.9 Å². The Hall–Kier alpha value is -3.43. The molecule has 0 heterocycles. The quantitative estimate of drug-likeness (QED) is 0.476. The second-order valence-electron chi connectivity index (χ2n) is 7.63. The Kier molecular flexibility index (Phi) is 6.11. The summed E-state index contributed by atoms with van der Waals surface area (Å²) < 4.78 is 32.6. The molecule has 3 aromatic rings. The Morgan fingerprint density at radius 3 is 2.31 bits per heavy atom. The van der Waals surface area contributed by atoms with Crippen molar-refractivity contribution in [2.45, 2.75) is 36.8 Å². The third-order valence-corrected chi connectivity index (χ3v) is 6.56. The molecule has 2 amide bonds. The maximum absolute atomic E-state index is 12.3. The fourth-order valence-electron chi connectivity index (χ4n) is 3.06. The lowest BCUT2D eigenvalue weighted by Gasteiger charge is -2.15. The van der Waals surface area contributed by atoms with Gasteiger partial charge in [-0.3, -0.25) is 20.4 Å². The smallest absolute Gasteiger partial charge is 0.279 e. The molecule has 0 radical (unpaired) electrons. The predicted molar refractivity (Wildman–Crippen MR) is 119 cm³/mol. The minimum atomic E-state index is -3.59. The molecule has 3 N–H and O–H groups in total. The fraction of sp³-hybridized carbons (Fsp3) is 0.217. The van der Waals surface area contributed by atoms with Crippen LogP contribution in [0.25, 0.3) is 10.8 Å². The molecule has 1 aliphatic rings. The van der Waals surface area contributed by atoms with E-state index in [-0.39, 0.29) is 16.5 Å². The molecule has 1 aliphatic carbocycles. The van der Waals surface area contributed by atoms with E-state index in [1.165, 1.54) is 24.3 Å². The summed E-state index contributed by atoms with van der Waals surface area (Å²) in [5, 5.41) is 2.05. The van der Waals surface area contributed by atoms with Crippen LogP contribution in [0.15, 0.2) is 71.6 Å². The van der Waals surface area contributed by atoms with Gasteiger partial charge in [0.05, 0.1) is 4.90 Å². The Labute approximate surface area is 186 Å². The number of hydrazine groups is 1. The molecule has 0 saturated heterocycles. The Balaban J connectivity index is 1.31. The number of hydrogen-bond donors (Lipinski definition) is 3. The van der Waals surface area contributed by atoms with Crippen molar-refractivity contribution >= 4 is 32.6 Å². The standard InChI is InChI=1S/C23H23N3O5S/c1-15(31-20-11-6-16-4-2-3-5-18(16)14-20)22(27)24-25-23(28)17-7-12-21(13-8-17)32(29,30)26-19-9-10-19/h2-8,11-15,19,26H,9-10H2,1H3,(H,24,27)(H,25,28). The molecule has 8 nitrogen and oxygen atoms in total. The minimum absolute atomic E-state index is 0.00277. The van der Waals surface area contributed by atoms with Crippen molar-refractivity contribution in [3.05, 3.63) is 72.3 Å². The van der Waals surface area contributed by atoms with E-state index in [9.17, 15) is 18.0 Å². The van der Waals surface area contributed by atoms with Crippen LogP contribution >= 0.6 is 0 Å². The zero-order chi connectivity index (χ0) is 22.7. The Bertz CT molecular complexity index is 1250. The van der Waals surface area contributed by atoms with Crippen LogP contribution in [0.1, 0.15) is 30.1 Å². The molecule has 1 fully saturated rings. The van der Waals surface area contributed by atoms with Gasteiger partial charge in [0, 0.05) is 11.6 Å². The number of hydrogen-bond acceptors (Lipinski definition) is 5. The highest BCUT2D eigenvalue weighted by molar-refractivity contribution is 7.89. The van der Waals surface area contributed by atoms with Gasteiger partial charge in [0.1, 0.15) is 5.75 Å². The van der Waals surface area contributed by atoms with Crippen LogP contribution in [0.3, 0.4) is 0 Å². The first-order valence-electron chi connectivity index (χ1n) is 10.2. The average Bonchev–Trinajstić information content (AvgIpc) is 3.60. The third kappa shape index (κ3) is 5.24. The average molecular weight is 454 g/mol. The van der Waals surface area contributed by atoms with Crippen LogP contribution in [-0.2, 0) is 14.8 Å². The highest BCUT2D eigenvalue weighted by Crippen LogP contribution is 2.23. The first-order chi connectivity index (χ1) is 15.3. The van der Waals surface area contributed by atoms with Gasteiger partial charge in [0.2, 0.25) is 10.0 Å². The molecule has 3 aromatic carbocycles. The molecule has 1 unspecified atom stereocenters. The SMILES string of the molecule is CC(Oc1ccc2ccccc2c1)C(=O)NNC(=O)c1ccc(S(=O)(=O)NC2CC2)cc1. The van der Waals surface area contributed by atoms with Gasteiger partial charge in [-0.25, -0.2) is 13.1 Å². The van der Waals surface area contributed by atoms with Gasteiger partial charge in [-0.05, 0) is 66.9 Å². The summed E-state index contributed by atoms with van der Waals surface area (Å²) in [6.45, 7) is 1.57. The zero-order valence-electron chi connectivity index (χ0n) is 17.4. The minimum Gasteiger partial charge on any atom is -0.481 e. The van der Waals surface area contributed by atoms with Crippen molar-refractivity contribution in [1.82, 2.24) is 15.6 Å². The molecule has 0 spiro atoms. The van der Waals surface area contributed by atoms with Crippen LogP contribution < -0.4 is 20.3 Å². The predicted octanol–water partition coefficient (Wildman–Crippen LogP) is 2.51. The van der Waals surface area contributed by atoms with E-state index in [1.54, 1.807) is 13.0 Å². The van der Waals surface area contributed by atoms with Gasteiger partial charge in [-0.1, -0.05) is 30.3 Å². The van der Waals surface area contributed by atoms with Crippen molar-refractivity contribution in [3.63, 3.8) is 0 Å². The summed E-state index contributed by atoms with van der Waals surface area (Å²) >= 11 is 0. The molecule has 0 bridgehead atoms. The van der Waals surface area contributed by atoms with Crippen LogP contribution in [0.2, 0.25) is 0 Å². The molecule has 0 aromatic heterocycles. The van der Waals surface area contributed by atoms with Crippen LogP contribution in [0.4, 0.5) is 0 Å². The maximum Gasteiger partial charge on any atom is 0.279 e. The summed E-state index contributed by atoms with van der Waals surface area (Å²) in [4.78, 5) is 24.7. The lowest BCUT2D eigenvalue weighted by Crippen LogP contribution is -2.47. The van der Waals surface area contributed by atoms with Crippen molar-refractivity contribution in [2.24, 2.45) is 0 Å². The molecule has 1 atom stereocenters. The summed E-state index contributed by atoms with van der Waals surface area (Å²) in [7, 11) is -3.59. The summed E-state index contributed by atoms with van der Waals surface area (Å²) in [6.07, 6.45) is 0.822. The number of ether oxygens (including phenoxy) is 1. The molecule has 4 rings (SSSR count). The van der Waals surface area contributed by atoms with Gasteiger partial charge < -0.3 is 4.74 Å². The largest absolute Gasteiger partial charge is 0.481 e. The van der Waals surface area contributed by atoms with Crippen LogP contribution in [0.5, 0.6) is 5.75 Å². The monoisotopic (exact) mass is 453 g/mol. The number of rotatable bonds is 7. The molecule has 166 valence electrons. The summed E-state index contributed by atoms with van der Waals surface area (Å²) in [5.74, 6) is -0.566. The van der Waals surface area contributed by atoms with E-state index >= 15 is 0 Å². The van der Waals surface area contributed by atoms with E-state index in [2.05, 4.69) is 15.6 Å². The van der Waals surface area contributed by atoms with Gasteiger partial charge in [0.15, 0.2) is 6.10 Å². The highest BCUT2D eigenvalue weighted by Gasteiger charge is 2.28. The normalized spacial score (nSPS) is 14.5. The summed E-state index contributed by atoms with van der Waals surface area (Å²) in [5.41, 5.74) is 4.84. The first-order valence-corrected chi connectivity index (χ1v) is 11.7. The third-order valence-electron chi connectivity index (χ3n) is 5.03. The molecule has 1 saturated carbocycles. The number of benzene rings is 3. The first kappa shape index (κ1) is 21.8. The lowest BCUT2D eigenvalue weighted by molar-refractivity contribution is -0.128. The number of carbonyl (C=O) groups excluding carboxylic acids is 2. The molecule has 0 aliphatic heterocycles. The zero-order valence-corrected chi connectivity index (χ0v) is 18.2. The van der Waals surface area contributed by atoms with Crippen LogP contribution in [0, 0.1) is 0 Å². The second-order valence-corrected chi connectivity index (χ2v) is 9.35. The van der Waals surface area contributed by atoms with Crippen molar-refractivity contribution in [2.75, 3.05) is 0 Å². The van der Waals surface area contributed by atoms with Gasteiger partial charge in [-0.2, -0.15) is 0 Å². The highest BCUT2D eigenvalue weighted by atomic mass is 32.2. The molecule has 9 heteroatoms. The van der Waals surface area contributed by atoms with E-state index in [1.807, 2.05) is 36.4 Å². The Morgan fingerprint density at radius 2 is 1.62 bits per heavy atom. The number of sulfonamides is 1. The summed E-state index contributed by atoms with van der Waals surface area (Å²) in [6, 6.07) is 18.8. The van der Waals surface area contributed by atoms with Crippen molar-refractivity contribution in [3.8, 4) is 5.75 Å². The van der Waals surface area contributed by atoms with E-state index in [4.69, 9.17) is 4.74 Å². The van der Waals surface area contributed by atoms with Gasteiger partial charge in [0.25, 0.3) is 11.8 Å². The van der Waals surface area contributed by atoms with E-state index in [0.29, 0.717) is 5.75 Å². The molecule has 32 heavy (non-hydrogen) atoms. The van der Waals surface area contributed by atoms with Crippen LogP contribution in [-0.4, -0.2) is 32.4 Å². The number of fused-ring (bicyclic) bond motifs is 1. The molecular weight excluding hydrogens is 430 g/mol. The second kappa shape index (κ2) is 8.97. The number of nitrogens with one attached hydrogen (secondary N) is 3.